The fourth-order valence-electron chi connectivity index (χ4n) is 2.11. The van der Waals surface area contributed by atoms with Gasteiger partial charge in [-0.25, -0.2) is 13.6 Å². The molecule has 0 spiro atoms. The number of nitrogens with one attached hydrogen (secondary N) is 1. The molecule has 0 unspecified atom stereocenters. The Hall–Kier alpha value is -2.76. The molecule has 0 bridgehead atoms. The molecule has 0 heterocycles. The van der Waals surface area contributed by atoms with Gasteiger partial charge in [-0.2, -0.15) is 0 Å². The van der Waals surface area contributed by atoms with Gasteiger partial charge in [-0.3, -0.25) is 4.79 Å². The van der Waals surface area contributed by atoms with Crippen LogP contribution in [0.2, 0.25) is 0 Å². The summed E-state index contributed by atoms with van der Waals surface area (Å²) in [5, 5.41) is 2.64. The average Bonchev–Trinajstić information content (AvgIpc) is 2.54. The highest BCUT2D eigenvalue weighted by Crippen LogP contribution is 2.18. The minimum atomic E-state index is -1.14. The van der Waals surface area contributed by atoms with E-state index < -0.39 is 29.1 Å². The van der Waals surface area contributed by atoms with Gasteiger partial charge >= 0.3 is 5.97 Å². The van der Waals surface area contributed by atoms with Crippen LogP contribution in [0, 0.1) is 11.6 Å². The van der Waals surface area contributed by atoms with Crippen LogP contribution in [0.1, 0.15) is 39.2 Å². The number of amides is 1. The van der Waals surface area contributed by atoms with E-state index in [1.54, 1.807) is 6.92 Å². The third-order valence-electron chi connectivity index (χ3n) is 3.34. The zero-order valence-corrected chi connectivity index (χ0v) is 12.6. The molecule has 0 saturated heterocycles. The summed E-state index contributed by atoms with van der Waals surface area (Å²) in [5.41, 5.74) is -0.177. The molecule has 1 N–H and O–H groups in total. The van der Waals surface area contributed by atoms with Crippen molar-refractivity contribution in [2.24, 2.45) is 0 Å². The van der Waals surface area contributed by atoms with Crippen molar-refractivity contribution in [2.75, 3.05) is 7.11 Å². The van der Waals surface area contributed by atoms with Crippen molar-refractivity contribution in [2.45, 2.75) is 13.0 Å². The van der Waals surface area contributed by atoms with Crippen LogP contribution < -0.4 is 5.32 Å². The monoisotopic (exact) mass is 319 g/mol. The second-order valence-electron chi connectivity index (χ2n) is 4.91. The molecule has 0 aliphatic carbocycles. The first kappa shape index (κ1) is 16.6. The highest BCUT2D eigenvalue weighted by molar-refractivity contribution is 5.96. The molecular weight excluding hydrogens is 304 g/mol. The van der Waals surface area contributed by atoms with Crippen molar-refractivity contribution >= 4 is 11.9 Å². The summed E-state index contributed by atoms with van der Waals surface area (Å²) in [6, 6.07) is 10.4. The third-order valence-corrected chi connectivity index (χ3v) is 3.34. The van der Waals surface area contributed by atoms with Gasteiger partial charge in [-0.05, 0) is 24.6 Å². The first-order chi connectivity index (χ1) is 10.9. The highest BCUT2D eigenvalue weighted by atomic mass is 19.1. The fourth-order valence-corrected chi connectivity index (χ4v) is 2.11. The Morgan fingerprint density at radius 3 is 2.17 bits per heavy atom. The summed E-state index contributed by atoms with van der Waals surface area (Å²) in [6.07, 6.45) is 0. The maximum absolute atomic E-state index is 13.8. The maximum atomic E-state index is 13.8. The fraction of sp³-hybridized carbons (Fsp3) is 0.176. The number of hydrogen-bond acceptors (Lipinski definition) is 3. The first-order valence-electron chi connectivity index (χ1n) is 6.87. The van der Waals surface area contributed by atoms with Crippen molar-refractivity contribution in [1.82, 2.24) is 5.32 Å². The summed E-state index contributed by atoms with van der Waals surface area (Å²) >= 11 is 0. The molecule has 0 radical (unpaired) electrons. The molecule has 0 aliphatic heterocycles. The molecule has 1 atom stereocenters. The van der Waals surface area contributed by atoms with Gasteiger partial charge in [0.1, 0.15) is 17.2 Å². The van der Waals surface area contributed by atoms with Gasteiger partial charge in [0.2, 0.25) is 0 Å². The minimum Gasteiger partial charge on any atom is -0.465 e. The van der Waals surface area contributed by atoms with Gasteiger partial charge in [0, 0.05) is 5.56 Å². The second kappa shape index (κ2) is 7.00. The third kappa shape index (κ3) is 3.71. The van der Waals surface area contributed by atoms with Crippen LogP contribution in [0.5, 0.6) is 0 Å². The molecule has 4 nitrogen and oxygen atoms in total. The molecule has 2 aromatic rings. The van der Waals surface area contributed by atoms with Crippen molar-refractivity contribution in [1.29, 1.82) is 0 Å². The van der Waals surface area contributed by atoms with E-state index >= 15 is 0 Å². The number of esters is 1. The van der Waals surface area contributed by atoms with Gasteiger partial charge in [0.15, 0.2) is 0 Å². The lowest BCUT2D eigenvalue weighted by molar-refractivity contribution is 0.0589. The number of rotatable bonds is 4. The largest absolute Gasteiger partial charge is 0.465 e. The molecule has 0 aromatic heterocycles. The zero-order valence-electron chi connectivity index (χ0n) is 12.6. The Morgan fingerprint density at radius 1 is 1.09 bits per heavy atom. The van der Waals surface area contributed by atoms with Gasteiger partial charge in [0.05, 0.1) is 13.2 Å². The SMILES string of the molecule is COC(=O)c1c(F)cc(C(=O)N[C@H](C)c2ccccc2)cc1F. The molecule has 2 rings (SSSR count). The molecule has 2 aromatic carbocycles. The number of ether oxygens (including phenoxy) is 1. The van der Waals surface area contributed by atoms with Crippen molar-refractivity contribution in [3.05, 3.63) is 70.8 Å². The summed E-state index contributed by atoms with van der Waals surface area (Å²) in [5.74, 6) is -4.07. The molecule has 23 heavy (non-hydrogen) atoms. The van der Waals surface area contributed by atoms with Crippen LogP contribution in [0.25, 0.3) is 0 Å². The Morgan fingerprint density at radius 2 is 1.65 bits per heavy atom. The Bertz CT molecular complexity index is 709. The van der Waals surface area contributed by atoms with Crippen LogP contribution in [-0.2, 0) is 4.74 Å². The van der Waals surface area contributed by atoms with Crippen molar-refractivity contribution < 1.29 is 23.1 Å². The Labute approximate surface area is 132 Å². The second-order valence-corrected chi connectivity index (χ2v) is 4.91. The van der Waals surface area contributed by atoms with E-state index in [2.05, 4.69) is 10.1 Å². The van der Waals surface area contributed by atoms with Gasteiger partial charge in [-0.1, -0.05) is 30.3 Å². The number of methoxy groups -OCH3 is 1. The standard InChI is InChI=1S/C17H15F2NO3/c1-10(11-6-4-3-5-7-11)20-16(21)12-8-13(18)15(14(19)9-12)17(22)23-2/h3-10H,1-2H3,(H,20,21)/t10-/m1/s1. The predicted molar refractivity (Wildman–Crippen MR) is 80.0 cm³/mol. The summed E-state index contributed by atoms with van der Waals surface area (Å²) in [7, 11) is 1.02. The molecule has 0 saturated carbocycles. The molecule has 120 valence electrons. The van der Waals surface area contributed by atoms with E-state index in [0.29, 0.717) is 0 Å². The predicted octanol–water partition coefficient (Wildman–Crippen LogP) is 3.24. The Kier molecular flexibility index (Phi) is 5.05. The number of benzene rings is 2. The van der Waals surface area contributed by atoms with E-state index in [-0.39, 0.29) is 11.6 Å². The lowest BCUT2D eigenvalue weighted by atomic mass is 10.1. The summed E-state index contributed by atoms with van der Waals surface area (Å²) in [4.78, 5) is 23.4. The van der Waals surface area contributed by atoms with E-state index in [1.807, 2.05) is 30.3 Å². The summed E-state index contributed by atoms with van der Waals surface area (Å²) < 4.78 is 32.0. The van der Waals surface area contributed by atoms with Crippen molar-refractivity contribution in [3.63, 3.8) is 0 Å². The van der Waals surface area contributed by atoms with E-state index in [9.17, 15) is 18.4 Å². The maximum Gasteiger partial charge on any atom is 0.343 e. The Balaban J connectivity index is 2.22. The van der Waals surface area contributed by atoms with E-state index in [1.165, 1.54) is 0 Å². The average molecular weight is 319 g/mol. The molecule has 0 aliphatic rings. The van der Waals surface area contributed by atoms with Crippen LogP contribution in [0.15, 0.2) is 42.5 Å². The first-order valence-corrected chi connectivity index (χ1v) is 6.87. The minimum absolute atomic E-state index is 0.213. The highest BCUT2D eigenvalue weighted by Gasteiger charge is 2.22. The summed E-state index contributed by atoms with van der Waals surface area (Å²) in [6.45, 7) is 1.75. The zero-order chi connectivity index (χ0) is 17.0. The number of halogens is 2. The molecule has 1 amide bonds. The smallest absolute Gasteiger partial charge is 0.343 e. The lowest BCUT2D eigenvalue weighted by Crippen LogP contribution is -2.27. The van der Waals surface area contributed by atoms with Gasteiger partial charge in [0.25, 0.3) is 5.91 Å². The van der Waals surface area contributed by atoms with E-state index in [0.717, 1.165) is 24.8 Å². The number of carbonyl (C=O) groups excluding carboxylic acids is 2. The lowest BCUT2D eigenvalue weighted by Gasteiger charge is -2.14. The van der Waals surface area contributed by atoms with Crippen LogP contribution >= 0.6 is 0 Å². The molecular formula is C17H15F2NO3. The number of carbonyl (C=O) groups is 2. The van der Waals surface area contributed by atoms with Gasteiger partial charge in [-0.15, -0.1) is 0 Å². The van der Waals surface area contributed by atoms with E-state index in [4.69, 9.17) is 0 Å². The topological polar surface area (TPSA) is 55.4 Å². The van der Waals surface area contributed by atoms with Crippen LogP contribution in [0.4, 0.5) is 8.78 Å². The molecule has 0 fully saturated rings. The quantitative estimate of drug-likeness (QED) is 0.880. The van der Waals surface area contributed by atoms with Crippen LogP contribution in [-0.4, -0.2) is 19.0 Å². The normalized spacial score (nSPS) is 11.7. The van der Waals surface area contributed by atoms with Gasteiger partial charge < -0.3 is 10.1 Å². The van der Waals surface area contributed by atoms with Crippen LogP contribution in [0.3, 0.4) is 0 Å². The van der Waals surface area contributed by atoms with Crippen molar-refractivity contribution in [3.8, 4) is 0 Å². The molecule has 6 heteroatoms. The number of hydrogen-bond donors (Lipinski definition) is 1.